The smallest absolute Gasteiger partial charge is 0.252 e. The number of hydrogen-bond acceptors (Lipinski definition) is 2. The molecule has 72 heavy (non-hydrogen) atoms. The van der Waals surface area contributed by atoms with Gasteiger partial charge in [0.15, 0.2) is 0 Å². The number of aromatic nitrogens is 2. The standard InChI is InChI=1S/C66H40B2N4/c1-5-21-41(22-6-1)47-37-49-45-29-13-17-33-55(45)71-59-40-60-54(39-53(59)67-51-31-15-19-35-57(51)69(43-25-9-3-10-26-43)63(47)61(67)65(49)71)68-52-32-16-20-36-58(52)70(44-27-11-4-12-28-44)64-48(42-23-7-2-8-24-42)38-50-46-30-14-18-34-56(46)72(60)66(50)62(64)68/h1-40H. The van der Waals surface area contributed by atoms with Crippen LogP contribution >= 0.6 is 0 Å². The van der Waals surface area contributed by atoms with E-state index in [2.05, 4.69) is 262 Å². The molecule has 0 radical (unpaired) electrons. The Labute approximate surface area is 417 Å². The zero-order chi connectivity index (χ0) is 46.8. The van der Waals surface area contributed by atoms with Gasteiger partial charge in [-0.2, -0.15) is 0 Å². The number of benzene rings is 11. The second-order valence-corrected chi connectivity index (χ2v) is 19.9. The zero-order valence-corrected chi connectivity index (χ0v) is 39.0. The summed E-state index contributed by atoms with van der Waals surface area (Å²) < 4.78 is 5.27. The average molecular weight is 911 g/mol. The first-order valence-corrected chi connectivity index (χ1v) is 25.2. The monoisotopic (exact) mass is 910 g/mol. The summed E-state index contributed by atoms with van der Waals surface area (Å²) in [6, 6.07) is 91.0. The van der Waals surface area contributed by atoms with Crippen molar-refractivity contribution in [2.24, 2.45) is 0 Å². The highest BCUT2D eigenvalue weighted by Crippen LogP contribution is 2.50. The molecule has 0 fully saturated rings. The predicted molar refractivity (Wildman–Crippen MR) is 305 cm³/mol. The van der Waals surface area contributed by atoms with E-state index in [1.54, 1.807) is 0 Å². The number of fused-ring (bicyclic) bond motifs is 16. The molecule has 13 aromatic rings. The molecule has 0 N–H and O–H groups in total. The van der Waals surface area contributed by atoms with Crippen LogP contribution in [0, 0.1) is 0 Å². The van der Waals surface area contributed by atoms with Gasteiger partial charge in [-0.05, 0) is 111 Å². The lowest BCUT2D eigenvalue weighted by Crippen LogP contribution is -2.64. The first-order chi connectivity index (χ1) is 35.8. The summed E-state index contributed by atoms with van der Waals surface area (Å²) in [7, 11) is 0. The highest BCUT2D eigenvalue weighted by molar-refractivity contribution is 7.03. The SMILES string of the molecule is c1ccc(-c2cc3c4ccccc4n4c3c3c2N(c2ccccc2)c2ccccc2B3c2cc3c(cc2-4)-n2c4ccccc4c4cc(-c5ccccc5)c5c(c42)B3c2ccccc2N5c2ccccc2)cc1. The third kappa shape index (κ3) is 4.88. The molecule has 0 atom stereocenters. The molecule has 0 amide bonds. The van der Waals surface area contributed by atoms with E-state index in [0.29, 0.717) is 0 Å². The summed E-state index contributed by atoms with van der Waals surface area (Å²) in [4.78, 5) is 5.11. The number of hydrogen-bond donors (Lipinski definition) is 0. The molecule has 0 aliphatic carbocycles. The molecule has 11 aromatic carbocycles. The van der Waals surface area contributed by atoms with Crippen molar-refractivity contribution in [3.63, 3.8) is 0 Å². The quantitative estimate of drug-likeness (QED) is 0.164. The zero-order valence-electron chi connectivity index (χ0n) is 39.0. The molecule has 0 saturated heterocycles. The van der Waals surface area contributed by atoms with Crippen molar-refractivity contribution in [1.29, 1.82) is 0 Å². The van der Waals surface area contributed by atoms with Gasteiger partial charge in [0.25, 0.3) is 13.4 Å². The minimum atomic E-state index is -0.0583. The lowest BCUT2D eigenvalue weighted by atomic mass is 9.30. The van der Waals surface area contributed by atoms with Crippen LogP contribution in [0.2, 0.25) is 0 Å². The van der Waals surface area contributed by atoms with Gasteiger partial charge in [0.1, 0.15) is 0 Å². The molecule has 2 aromatic heterocycles. The molecule has 6 heteroatoms. The molecular weight excluding hydrogens is 870 g/mol. The van der Waals surface area contributed by atoms with E-state index in [-0.39, 0.29) is 13.4 Å². The third-order valence-corrected chi connectivity index (χ3v) is 16.4. The Balaban J connectivity index is 1.06. The van der Waals surface area contributed by atoms with Crippen molar-refractivity contribution in [1.82, 2.24) is 9.13 Å². The van der Waals surface area contributed by atoms with Crippen LogP contribution in [0.3, 0.4) is 0 Å². The lowest BCUT2D eigenvalue weighted by Gasteiger charge is -2.43. The first kappa shape index (κ1) is 38.6. The fourth-order valence-electron chi connectivity index (χ4n) is 13.7. The average Bonchev–Trinajstić information content (AvgIpc) is 3.98. The van der Waals surface area contributed by atoms with Crippen LogP contribution in [-0.2, 0) is 0 Å². The maximum Gasteiger partial charge on any atom is 0.252 e. The molecule has 4 aliphatic heterocycles. The van der Waals surface area contributed by atoms with Crippen LogP contribution in [0.15, 0.2) is 243 Å². The van der Waals surface area contributed by atoms with Gasteiger partial charge in [0.05, 0.1) is 33.4 Å². The predicted octanol–water partition coefficient (Wildman–Crippen LogP) is 12.4. The number of nitrogens with zero attached hydrogens (tertiary/aromatic N) is 4. The molecule has 17 rings (SSSR count). The van der Waals surface area contributed by atoms with E-state index in [0.717, 1.165) is 11.4 Å². The fraction of sp³-hybridized carbons (Fsp3) is 0. The number of para-hydroxylation sites is 6. The van der Waals surface area contributed by atoms with Crippen LogP contribution in [0.5, 0.6) is 0 Å². The second-order valence-electron chi connectivity index (χ2n) is 19.9. The largest absolute Gasteiger partial charge is 0.311 e. The van der Waals surface area contributed by atoms with Crippen LogP contribution in [0.25, 0.3) is 77.2 Å². The molecule has 330 valence electrons. The molecule has 0 saturated carbocycles. The molecule has 4 aliphatic rings. The van der Waals surface area contributed by atoms with E-state index >= 15 is 0 Å². The van der Waals surface area contributed by atoms with Crippen LogP contribution in [-0.4, -0.2) is 22.6 Å². The summed E-state index contributed by atoms with van der Waals surface area (Å²) in [6.45, 7) is -0.117. The van der Waals surface area contributed by atoms with Crippen molar-refractivity contribution in [3.05, 3.63) is 243 Å². The summed E-state index contributed by atoms with van der Waals surface area (Å²) >= 11 is 0. The Morgan fingerprint density at radius 3 is 1.10 bits per heavy atom. The van der Waals surface area contributed by atoms with Gasteiger partial charge >= 0.3 is 0 Å². The van der Waals surface area contributed by atoms with Gasteiger partial charge in [-0.1, -0.05) is 176 Å². The Bertz CT molecular complexity index is 4180. The van der Waals surface area contributed by atoms with Crippen molar-refractivity contribution >= 4 is 124 Å². The van der Waals surface area contributed by atoms with Gasteiger partial charge in [-0.15, -0.1) is 0 Å². The Hall–Kier alpha value is -9.25. The number of anilines is 6. The molecular formula is C66H40B2N4. The van der Waals surface area contributed by atoms with Crippen LogP contribution in [0.1, 0.15) is 0 Å². The van der Waals surface area contributed by atoms with Crippen LogP contribution in [0.4, 0.5) is 34.1 Å². The molecule has 4 nitrogen and oxygen atoms in total. The first-order valence-electron chi connectivity index (χ1n) is 25.2. The summed E-state index contributed by atoms with van der Waals surface area (Å²) in [6.07, 6.45) is 0. The third-order valence-electron chi connectivity index (χ3n) is 16.4. The van der Waals surface area contributed by atoms with E-state index in [1.807, 2.05) is 0 Å². The summed E-state index contributed by atoms with van der Waals surface area (Å²) in [5, 5.41) is 5.09. The highest BCUT2D eigenvalue weighted by Gasteiger charge is 2.48. The normalized spacial score (nSPS) is 13.4. The van der Waals surface area contributed by atoms with Gasteiger partial charge in [-0.3, -0.25) is 0 Å². The minimum Gasteiger partial charge on any atom is -0.311 e. The molecule has 0 bridgehead atoms. The van der Waals surface area contributed by atoms with Gasteiger partial charge < -0.3 is 18.9 Å². The Kier molecular flexibility index (Phi) is 7.60. The van der Waals surface area contributed by atoms with Crippen molar-refractivity contribution in [2.75, 3.05) is 9.80 Å². The Morgan fingerprint density at radius 1 is 0.278 bits per heavy atom. The van der Waals surface area contributed by atoms with Gasteiger partial charge in [-0.25, -0.2) is 0 Å². The number of rotatable bonds is 4. The van der Waals surface area contributed by atoms with Gasteiger partial charge in [0.2, 0.25) is 0 Å². The summed E-state index contributed by atoms with van der Waals surface area (Å²) in [5.41, 5.74) is 27.6. The maximum absolute atomic E-state index is 2.66. The topological polar surface area (TPSA) is 16.3 Å². The van der Waals surface area contributed by atoms with E-state index < -0.39 is 0 Å². The molecule has 0 spiro atoms. The maximum atomic E-state index is 2.66. The van der Waals surface area contributed by atoms with E-state index in [9.17, 15) is 0 Å². The lowest BCUT2D eigenvalue weighted by molar-refractivity contribution is 1.14. The Morgan fingerprint density at radius 2 is 0.653 bits per heavy atom. The second kappa shape index (κ2) is 14.2. The van der Waals surface area contributed by atoms with Crippen molar-refractivity contribution in [2.45, 2.75) is 0 Å². The highest BCUT2D eigenvalue weighted by atomic mass is 15.2. The minimum absolute atomic E-state index is 0.0583. The van der Waals surface area contributed by atoms with Gasteiger partial charge in [0, 0.05) is 66.8 Å². The fourth-order valence-corrected chi connectivity index (χ4v) is 13.7. The van der Waals surface area contributed by atoms with Crippen molar-refractivity contribution < 1.29 is 0 Å². The molecule has 6 heterocycles. The van der Waals surface area contributed by atoms with Crippen molar-refractivity contribution in [3.8, 4) is 33.6 Å². The van der Waals surface area contributed by atoms with E-state index in [4.69, 9.17) is 0 Å². The summed E-state index contributed by atoms with van der Waals surface area (Å²) in [5.74, 6) is 0. The van der Waals surface area contributed by atoms with Crippen LogP contribution < -0.4 is 42.6 Å². The van der Waals surface area contributed by atoms with E-state index in [1.165, 1.54) is 133 Å². The molecule has 0 unspecified atom stereocenters.